The Kier molecular flexibility index (Phi) is 4.96. The summed E-state index contributed by atoms with van der Waals surface area (Å²) in [5.41, 5.74) is 2.35. The third-order valence-electron chi connectivity index (χ3n) is 3.70. The second-order valence-electron chi connectivity index (χ2n) is 5.47. The van der Waals surface area contributed by atoms with Crippen molar-refractivity contribution in [2.24, 2.45) is 0 Å². The third kappa shape index (κ3) is 3.66. The van der Waals surface area contributed by atoms with Gasteiger partial charge in [-0.3, -0.25) is 4.79 Å². The van der Waals surface area contributed by atoms with Crippen LogP contribution in [0.3, 0.4) is 0 Å². The van der Waals surface area contributed by atoms with Gasteiger partial charge < -0.3 is 9.88 Å². The Morgan fingerprint density at radius 3 is 2.50 bits per heavy atom. The minimum atomic E-state index is -0.159. The summed E-state index contributed by atoms with van der Waals surface area (Å²) >= 11 is 5.84. The molecule has 0 fully saturated rings. The molecule has 122 valence electrons. The second kappa shape index (κ2) is 7.32. The normalized spacial score (nSPS) is 10.6. The fourth-order valence-corrected chi connectivity index (χ4v) is 2.61. The van der Waals surface area contributed by atoms with Gasteiger partial charge in [0.2, 0.25) is 0 Å². The number of nitrogens with zero attached hydrogens (tertiary/aromatic N) is 2. The van der Waals surface area contributed by atoms with Gasteiger partial charge in [-0.15, -0.1) is 0 Å². The van der Waals surface area contributed by atoms with Crippen LogP contribution in [0, 0.1) is 0 Å². The lowest BCUT2D eigenvalue weighted by Crippen LogP contribution is -2.11. The standard InChI is InChI=1S/C19H18ClN3O/c1-2-3-18-21-12-13-23(18)17-10-8-16(9-11-17)22-19(24)14-4-6-15(20)7-5-14/h4-13H,2-3H2,1H3,(H,22,24). The summed E-state index contributed by atoms with van der Waals surface area (Å²) in [5.74, 6) is 0.879. The van der Waals surface area contributed by atoms with E-state index >= 15 is 0 Å². The molecular formula is C19H18ClN3O. The molecule has 0 atom stereocenters. The molecule has 1 aromatic heterocycles. The Bertz CT molecular complexity index is 823. The van der Waals surface area contributed by atoms with E-state index in [1.54, 1.807) is 30.5 Å². The van der Waals surface area contributed by atoms with Crippen LogP contribution in [0.1, 0.15) is 29.5 Å². The lowest BCUT2D eigenvalue weighted by Gasteiger charge is -2.09. The number of hydrogen-bond acceptors (Lipinski definition) is 2. The van der Waals surface area contributed by atoms with Gasteiger partial charge in [-0.2, -0.15) is 0 Å². The van der Waals surface area contributed by atoms with Gasteiger partial charge >= 0.3 is 0 Å². The third-order valence-corrected chi connectivity index (χ3v) is 3.95. The van der Waals surface area contributed by atoms with Gasteiger partial charge in [0.15, 0.2) is 0 Å². The van der Waals surface area contributed by atoms with Gasteiger partial charge in [0.05, 0.1) is 0 Å². The Morgan fingerprint density at radius 2 is 1.83 bits per heavy atom. The van der Waals surface area contributed by atoms with Crippen LogP contribution in [-0.4, -0.2) is 15.5 Å². The van der Waals surface area contributed by atoms with Crippen LogP contribution in [-0.2, 0) is 6.42 Å². The summed E-state index contributed by atoms with van der Waals surface area (Å²) in [5, 5.41) is 3.49. The SMILES string of the molecule is CCCc1nccn1-c1ccc(NC(=O)c2ccc(Cl)cc2)cc1. The van der Waals surface area contributed by atoms with Crippen LogP contribution in [0.2, 0.25) is 5.02 Å². The average Bonchev–Trinajstić information content (AvgIpc) is 3.05. The first-order chi connectivity index (χ1) is 11.7. The second-order valence-corrected chi connectivity index (χ2v) is 5.91. The highest BCUT2D eigenvalue weighted by atomic mass is 35.5. The first kappa shape index (κ1) is 16.3. The van der Waals surface area contributed by atoms with Crippen molar-refractivity contribution in [2.45, 2.75) is 19.8 Å². The molecule has 0 unspecified atom stereocenters. The molecule has 3 rings (SSSR count). The molecule has 0 radical (unpaired) electrons. The predicted molar refractivity (Wildman–Crippen MR) is 97.0 cm³/mol. The number of aryl methyl sites for hydroxylation is 1. The molecule has 1 heterocycles. The maximum Gasteiger partial charge on any atom is 0.255 e. The van der Waals surface area contributed by atoms with E-state index in [0.29, 0.717) is 10.6 Å². The van der Waals surface area contributed by atoms with Gasteiger partial charge in [0.25, 0.3) is 5.91 Å². The van der Waals surface area contributed by atoms with Gasteiger partial charge in [-0.25, -0.2) is 4.98 Å². The van der Waals surface area contributed by atoms with Gasteiger partial charge in [0.1, 0.15) is 5.82 Å². The van der Waals surface area contributed by atoms with Crippen molar-refractivity contribution in [1.29, 1.82) is 0 Å². The first-order valence-electron chi connectivity index (χ1n) is 7.87. The summed E-state index contributed by atoms with van der Waals surface area (Å²) in [6, 6.07) is 14.5. The Labute approximate surface area is 146 Å². The highest BCUT2D eigenvalue weighted by molar-refractivity contribution is 6.30. The van der Waals surface area contributed by atoms with E-state index in [0.717, 1.165) is 30.0 Å². The minimum absolute atomic E-state index is 0.159. The quantitative estimate of drug-likeness (QED) is 0.730. The number of rotatable bonds is 5. The number of benzene rings is 2. The maximum atomic E-state index is 12.2. The number of carbonyl (C=O) groups is 1. The summed E-state index contributed by atoms with van der Waals surface area (Å²) in [6.07, 6.45) is 5.74. The van der Waals surface area contributed by atoms with Crippen LogP contribution < -0.4 is 5.32 Å². The zero-order valence-corrected chi connectivity index (χ0v) is 14.1. The molecule has 0 bridgehead atoms. The largest absolute Gasteiger partial charge is 0.322 e. The van der Waals surface area contributed by atoms with Gasteiger partial charge in [-0.1, -0.05) is 18.5 Å². The lowest BCUT2D eigenvalue weighted by atomic mass is 10.2. The monoisotopic (exact) mass is 339 g/mol. The Hall–Kier alpha value is -2.59. The molecule has 0 aliphatic rings. The first-order valence-corrected chi connectivity index (χ1v) is 8.25. The molecule has 1 N–H and O–H groups in total. The van der Waals surface area contributed by atoms with Crippen molar-refractivity contribution >= 4 is 23.2 Å². The van der Waals surface area contributed by atoms with Gasteiger partial charge in [0, 0.05) is 40.8 Å². The molecule has 0 spiro atoms. The molecule has 0 aliphatic carbocycles. The molecule has 0 aliphatic heterocycles. The molecule has 4 nitrogen and oxygen atoms in total. The molecule has 2 aromatic carbocycles. The molecule has 3 aromatic rings. The highest BCUT2D eigenvalue weighted by Crippen LogP contribution is 2.17. The van der Waals surface area contributed by atoms with Gasteiger partial charge in [-0.05, 0) is 55.0 Å². The Morgan fingerprint density at radius 1 is 1.12 bits per heavy atom. The topological polar surface area (TPSA) is 46.9 Å². The van der Waals surface area contributed by atoms with Crippen LogP contribution in [0.5, 0.6) is 0 Å². The van der Waals surface area contributed by atoms with Crippen molar-refractivity contribution in [1.82, 2.24) is 9.55 Å². The lowest BCUT2D eigenvalue weighted by molar-refractivity contribution is 0.102. The zero-order valence-electron chi connectivity index (χ0n) is 13.4. The number of aromatic nitrogens is 2. The summed E-state index contributed by atoms with van der Waals surface area (Å²) in [7, 11) is 0. The van der Waals surface area contributed by atoms with Crippen molar-refractivity contribution in [2.75, 3.05) is 5.32 Å². The smallest absolute Gasteiger partial charge is 0.255 e. The van der Waals surface area contributed by atoms with Crippen molar-refractivity contribution < 1.29 is 4.79 Å². The van der Waals surface area contributed by atoms with Crippen LogP contribution in [0.25, 0.3) is 5.69 Å². The molecule has 0 saturated carbocycles. The molecule has 5 heteroatoms. The van der Waals surface area contributed by atoms with E-state index in [2.05, 4.69) is 21.8 Å². The van der Waals surface area contributed by atoms with E-state index < -0.39 is 0 Å². The number of imidazole rings is 1. The fourth-order valence-electron chi connectivity index (χ4n) is 2.49. The molecular weight excluding hydrogens is 322 g/mol. The van der Waals surface area contributed by atoms with Crippen LogP contribution in [0.4, 0.5) is 5.69 Å². The van der Waals surface area contributed by atoms with Crippen LogP contribution in [0.15, 0.2) is 60.9 Å². The minimum Gasteiger partial charge on any atom is -0.322 e. The number of carbonyl (C=O) groups excluding carboxylic acids is 1. The summed E-state index contributed by atoms with van der Waals surface area (Å²) < 4.78 is 2.06. The van der Waals surface area contributed by atoms with E-state index in [9.17, 15) is 4.79 Å². The number of halogens is 1. The predicted octanol–water partition coefficient (Wildman–Crippen LogP) is 4.73. The van der Waals surface area contributed by atoms with E-state index in [-0.39, 0.29) is 5.91 Å². The number of amides is 1. The Balaban J connectivity index is 1.73. The average molecular weight is 340 g/mol. The van der Waals surface area contributed by atoms with Crippen LogP contribution >= 0.6 is 11.6 Å². The molecule has 24 heavy (non-hydrogen) atoms. The van der Waals surface area contributed by atoms with Crippen molar-refractivity contribution in [3.05, 3.63) is 77.3 Å². The highest BCUT2D eigenvalue weighted by Gasteiger charge is 2.07. The van der Waals surface area contributed by atoms with E-state index in [4.69, 9.17) is 11.6 Å². The summed E-state index contributed by atoms with van der Waals surface area (Å²) in [4.78, 5) is 16.6. The van der Waals surface area contributed by atoms with Crippen molar-refractivity contribution in [3.63, 3.8) is 0 Å². The number of hydrogen-bond donors (Lipinski definition) is 1. The number of nitrogens with one attached hydrogen (secondary N) is 1. The van der Waals surface area contributed by atoms with Crippen molar-refractivity contribution in [3.8, 4) is 5.69 Å². The molecule has 0 saturated heterocycles. The maximum absolute atomic E-state index is 12.2. The van der Waals surface area contributed by atoms with E-state index in [1.165, 1.54) is 0 Å². The fraction of sp³-hybridized carbons (Fsp3) is 0.158. The number of anilines is 1. The molecule has 1 amide bonds. The zero-order chi connectivity index (χ0) is 16.9. The van der Waals surface area contributed by atoms with E-state index in [1.807, 2.05) is 30.5 Å². The summed E-state index contributed by atoms with van der Waals surface area (Å²) in [6.45, 7) is 2.13.